The van der Waals surface area contributed by atoms with Crippen LogP contribution in [0.25, 0.3) is 11.3 Å². The van der Waals surface area contributed by atoms with Crippen molar-refractivity contribution in [3.8, 4) is 11.3 Å². The Morgan fingerprint density at radius 3 is 2.37 bits per heavy atom. The van der Waals surface area contributed by atoms with Gasteiger partial charge in [0.15, 0.2) is 11.5 Å². The zero-order valence-electron chi connectivity index (χ0n) is 16.0. The summed E-state index contributed by atoms with van der Waals surface area (Å²) in [6, 6.07) is 17.3. The third kappa shape index (κ3) is 4.25. The van der Waals surface area contributed by atoms with Crippen molar-refractivity contribution >= 4 is 23.2 Å². The maximum absolute atomic E-state index is 12.4. The normalized spacial score (nSPS) is 11.6. The first-order valence-electron chi connectivity index (χ1n) is 9.18. The lowest BCUT2D eigenvalue weighted by molar-refractivity contribution is -0.119. The zero-order chi connectivity index (χ0) is 20.9. The van der Waals surface area contributed by atoms with Crippen molar-refractivity contribution in [2.45, 2.75) is 13.0 Å². The number of nitrogens with one attached hydrogen (secondary N) is 2. The summed E-state index contributed by atoms with van der Waals surface area (Å²) in [6.07, 6.45) is 2.86. The van der Waals surface area contributed by atoms with E-state index in [-0.39, 0.29) is 11.6 Å². The van der Waals surface area contributed by atoms with E-state index >= 15 is 0 Å². The molecule has 0 fully saturated rings. The van der Waals surface area contributed by atoms with E-state index in [2.05, 4.69) is 25.9 Å². The van der Waals surface area contributed by atoms with Gasteiger partial charge < -0.3 is 15.2 Å². The summed E-state index contributed by atoms with van der Waals surface area (Å²) < 4.78 is 6.72. The summed E-state index contributed by atoms with van der Waals surface area (Å²) in [4.78, 5) is 28.5. The number of benzene rings is 2. The monoisotopic (exact) mass is 402 g/mol. The van der Waals surface area contributed by atoms with Gasteiger partial charge in [-0.2, -0.15) is 5.10 Å². The molecule has 0 aliphatic heterocycles. The Morgan fingerprint density at radius 2 is 1.70 bits per heavy atom. The molecule has 2 aromatic heterocycles. The Morgan fingerprint density at radius 1 is 1.00 bits per heavy atom. The molecule has 0 bridgehead atoms. The molecule has 2 amide bonds. The van der Waals surface area contributed by atoms with E-state index in [4.69, 9.17) is 4.52 Å². The number of carbonyl (C=O) groups excluding carboxylic acids is 2. The molecule has 2 heterocycles. The van der Waals surface area contributed by atoms with Crippen LogP contribution in [-0.2, 0) is 4.79 Å². The molecule has 2 N–H and O–H groups in total. The van der Waals surface area contributed by atoms with E-state index in [1.165, 1.54) is 17.3 Å². The van der Waals surface area contributed by atoms with Crippen LogP contribution in [0.2, 0.25) is 0 Å². The molecule has 9 nitrogen and oxygen atoms in total. The van der Waals surface area contributed by atoms with Crippen LogP contribution in [0.3, 0.4) is 0 Å². The number of aromatic nitrogens is 4. The predicted molar refractivity (Wildman–Crippen MR) is 110 cm³/mol. The van der Waals surface area contributed by atoms with E-state index in [0.29, 0.717) is 17.1 Å². The number of anilines is 2. The van der Waals surface area contributed by atoms with E-state index in [0.717, 1.165) is 5.56 Å². The van der Waals surface area contributed by atoms with Crippen LogP contribution in [0.5, 0.6) is 0 Å². The summed E-state index contributed by atoms with van der Waals surface area (Å²) in [6.45, 7) is 1.72. The Labute approximate surface area is 171 Å². The first-order valence-corrected chi connectivity index (χ1v) is 9.18. The predicted octanol–water partition coefficient (Wildman–Crippen LogP) is 3.39. The molecule has 1 atom stereocenters. The third-order valence-corrected chi connectivity index (χ3v) is 4.42. The van der Waals surface area contributed by atoms with Crippen LogP contribution < -0.4 is 10.6 Å². The molecule has 150 valence electrons. The molecule has 4 rings (SSSR count). The maximum Gasteiger partial charge on any atom is 0.277 e. The molecular weight excluding hydrogens is 384 g/mol. The topological polar surface area (TPSA) is 115 Å². The molecule has 0 radical (unpaired) electrons. The maximum atomic E-state index is 12.4. The van der Waals surface area contributed by atoms with Gasteiger partial charge in [-0.05, 0) is 31.2 Å². The highest BCUT2D eigenvalue weighted by molar-refractivity contribution is 6.03. The van der Waals surface area contributed by atoms with E-state index in [1.54, 1.807) is 37.3 Å². The fraction of sp³-hybridized carbons (Fsp3) is 0.0952. The first kappa shape index (κ1) is 19.1. The van der Waals surface area contributed by atoms with Crippen LogP contribution in [0.15, 0.2) is 77.8 Å². The number of carbonyl (C=O) groups is 2. The van der Waals surface area contributed by atoms with Gasteiger partial charge in [0.2, 0.25) is 5.91 Å². The minimum absolute atomic E-state index is 0.174. The highest BCUT2D eigenvalue weighted by Crippen LogP contribution is 2.21. The van der Waals surface area contributed by atoms with Crippen molar-refractivity contribution in [1.82, 2.24) is 19.9 Å². The minimum Gasteiger partial charge on any atom is -0.355 e. The molecule has 0 saturated heterocycles. The van der Waals surface area contributed by atoms with Crippen LogP contribution in [-0.4, -0.2) is 31.7 Å². The van der Waals surface area contributed by atoms with Gasteiger partial charge >= 0.3 is 0 Å². The van der Waals surface area contributed by atoms with E-state index < -0.39 is 11.9 Å². The van der Waals surface area contributed by atoms with E-state index in [1.807, 2.05) is 30.3 Å². The fourth-order valence-corrected chi connectivity index (χ4v) is 2.74. The minimum atomic E-state index is -0.502. The van der Waals surface area contributed by atoms with Gasteiger partial charge in [-0.3, -0.25) is 9.59 Å². The average molecular weight is 402 g/mol. The summed E-state index contributed by atoms with van der Waals surface area (Å²) in [7, 11) is 0. The summed E-state index contributed by atoms with van der Waals surface area (Å²) in [5.74, 6) is -0.105. The Bertz CT molecular complexity index is 1140. The van der Waals surface area contributed by atoms with Gasteiger partial charge in [0.05, 0.1) is 0 Å². The molecule has 2 aromatic carbocycles. The smallest absolute Gasteiger partial charge is 0.277 e. The first-order chi connectivity index (χ1) is 14.6. The molecule has 30 heavy (non-hydrogen) atoms. The zero-order valence-corrected chi connectivity index (χ0v) is 16.0. The molecule has 0 spiro atoms. The number of amides is 2. The van der Waals surface area contributed by atoms with Crippen LogP contribution in [0, 0.1) is 0 Å². The van der Waals surface area contributed by atoms with Crippen molar-refractivity contribution in [2.24, 2.45) is 0 Å². The lowest BCUT2D eigenvalue weighted by atomic mass is 10.1. The SMILES string of the molecule is C[C@@H](C(=O)Nc1ccc(NC(=O)c2cc(-c3ccccc3)on2)cc1)n1cncn1. The molecule has 4 aromatic rings. The van der Waals surface area contributed by atoms with Gasteiger partial charge in [-0.1, -0.05) is 35.5 Å². The summed E-state index contributed by atoms with van der Waals surface area (Å²) >= 11 is 0. The second kappa shape index (κ2) is 8.39. The number of nitrogens with zero attached hydrogens (tertiary/aromatic N) is 4. The molecule has 0 aliphatic rings. The highest BCUT2D eigenvalue weighted by atomic mass is 16.5. The Kier molecular flexibility index (Phi) is 5.33. The molecule has 0 unspecified atom stereocenters. The van der Waals surface area contributed by atoms with Crippen molar-refractivity contribution < 1.29 is 14.1 Å². The van der Waals surface area contributed by atoms with Crippen molar-refractivity contribution in [2.75, 3.05) is 10.6 Å². The van der Waals surface area contributed by atoms with Gasteiger partial charge in [0, 0.05) is 23.0 Å². The fourth-order valence-electron chi connectivity index (χ4n) is 2.74. The Balaban J connectivity index is 1.37. The molecule has 0 aliphatic carbocycles. The molecular formula is C21H18N6O3. The van der Waals surface area contributed by atoms with Gasteiger partial charge in [0.1, 0.15) is 18.7 Å². The van der Waals surface area contributed by atoms with Gasteiger partial charge in [-0.15, -0.1) is 0 Å². The lowest BCUT2D eigenvalue weighted by Crippen LogP contribution is -2.24. The van der Waals surface area contributed by atoms with E-state index in [9.17, 15) is 9.59 Å². The molecule has 0 saturated carbocycles. The van der Waals surface area contributed by atoms with Crippen LogP contribution >= 0.6 is 0 Å². The number of hydrogen-bond acceptors (Lipinski definition) is 6. The number of hydrogen-bond donors (Lipinski definition) is 2. The van der Waals surface area contributed by atoms with Crippen LogP contribution in [0.4, 0.5) is 11.4 Å². The van der Waals surface area contributed by atoms with Gasteiger partial charge in [-0.25, -0.2) is 9.67 Å². The third-order valence-electron chi connectivity index (χ3n) is 4.42. The Hall–Kier alpha value is -4.27. The van der Waals surface area contributed by atoms with Crippen molar-refractivity contribution in [3.63, 3.8) is 0 Å². The standard InChI is InChI=1S/C21H18N6O3/c1-14(27-13-22-12-23-27)20(28)24-16-7-9-17(10-8-16)25-21(29)18-11-19(30-26-18)15-5-3-2-4-6-15/h2-14H,1H3,(H,24,28)(H,25,29)/t14-/m0/s1. The second-order valence-electron chi connectivity index (χ2n) is 6.51. The second-order valence-corrected chi connectivity index (χ2v) is 6.51. The number of rotatable bonds is 6. The quantitative estimate of drug-likeness (QED) is 0.511. The summed E-state index contributed by atoms with van der Waals surface area (Å²) in [5, 5.41) is 13.3. The lowest BCUT2D eigenvalue weighted by Gasteiger charge is -2.12. The van der Waals surface area contributed by atoms with Gasteiger partial charge in [0.25, 0.3) is 5.91 Å². The highest BCUT2D eigenvalue weighted by Gasteiger charge is 2.16. The summed E-state index contributed by atoms with van der Waals surface area (Å²) in [5.41, 5.74) is 2.17. The molecule has 9 heteroatoms. The largest absolute Gasteiger partial charge is 0.355 e. The average Bonchev–Trinajstić information content (AvgIpc) is 3.48. The van der Waals surface area contributed by atoms with Crippen LogP contribution in [0.1, 0.15) is 23.5 Å². The van der Waals surface area contributed by atoms with Crippen molar-refractivity contribution in [1.29, 1.82) is 0 Å². The van der Waals surface area contributed by atoms with Crippen molar-refractivity contribution in [3.05, 3.63) is 79.0 Å².